The number of aryl methyl sites for hydroxylation is 2. The molecule has 3 rings (SSSR count). The summed E-state index contributed by atoms with van der Waals surface area (Å²) in [7, 11) is 0. The van der Waals surface area contributed by atoms with Crippen molar-refractivity contribution in [1.29, 1.82) is 0 Å². The summed E-state index contributed by atoms with van der Waals surface area (Å²) in [5.41, 5.74) is 2.45. The first-order valence-corrected chi connectivity index (χ1v) is 7.46. The van der Waals surface area contributed by atoms with E-state index in [2.05, 4.69) is 15.0 Å². The Morgan fingerprint density at radius 1 is 1.32 bits per heavy atom. The van der Waals surface area contributed by atoms with E-state index in [1.54, 1.807) is 6.07 Å². The van der Waals surface area contributed by atoms with Gasteiger partial charge in [0, 0.05) is 38.4 Å². The molecular weight excluding hydrogens is 284 g/mol. The SMILES string of the molecule is Cc1cc(C(=O)N2CCN(CCO)CC2)c2c(C)noc2n1. The summed E-state index contributed by atoms with van der Waals surface area (Å²) in [6.07, 6.45) is 0. The van der Waals surface area contributed by atoms with Crippen LogP contribution in [0.4, 0.5) is 0 Å². The van der Waals surface area contributed by atoms with E-state index < -0.39 is 0 Å². The third kappa shape index (κ3) is 2.69. The average Bonchev–Trinajstić information content (AvgIpc) is 2.88. The van der Waals surface area contributed by atoms with Crippen molar-refractivity contribution in [3.8, 4) is 0 Å². The Balaban J connectivity index is 1.85. The maximum atomic E-state index is 12.8. The van der Waals surface area contributed by atoms with Gasteiger partial charge in [0.1, 0.15) is 0 Å². The zero-order valence-electron chi connectivity index (χ0n) is 12.9. The summed E-state index contributed by atoms with van der Waals surface area (Å²) in [6.45, 7) is 7.35. The number of nitrogens with zero attached hydrogens (tertiary/aromatic N) is 4. The van der Waals surface area contributed by atoms with Gasteiger partial charge in [-0.2, -0.15) is 0 Å². The molecule has 2 aromatic rings. The summed E-state index contributed by atoms with van der Waals surface area (Å²) in [5, 5.41) is 13.6. The topological polar surface area (TPSA) is 82.7 Å². The lowest BCUT2D eigenvalue weighted by Gasteiger charge is -2.34. The minimum Gasteiger partial charge on any atom is -0.395 e. The standard InChI is InChI=1S/C15H20N4O3/c1-10-9-12(13-11(2)17-22-14(13)16-10)15(21)19-5-3-18(4-6-19)7-8-20/h9,20H,3-8H2,1-2H3. The maximum Gasteiger partial charge on any atom is 0.258 e. The van der Waals surface area contributed by atoms with Crippen LogP contribution in [0, 0.1) is 13.8 Å². The first kappa shape index (κ1) is 14.9. The highest BCUT2D eigenvalue weighted by molar-refractivity contribution is 6.06. The summed E-state index contributed by atoms with van der Waals surface area (Å²) < 4.78 is 5.19. The van der Waals surface area contributed by atoms with E-state index in [-0.39, 0.29) is 12.5 Å². The molecule has 1 fully saturated rings. The summed E-state index contributed by atoms with van der Waals surface area (Å²) in [5.74, 6) is -0.00884. The highest BCUT2D eigenvalue weighted by Gasteiger charge is 2.25. The monoisotopic (exact) mass is 304 g/mol. The molecule has 0 aliphatic carbocycles. The molecule has 0 radical (unpaired) electrons. The quantitative estimate of drug-likeness (QED) is 0.893. The van der Waals surface area contributed by atoms with Crippen LogP contribution in [0.15, 0.2) is 10.6 Å². The third-order valence-electron chi connectivity index (χ3n) is 4.05. The fraction of sp³-hybridized carbons (Fsp3) is 0.533. The van der Waals surface area contributed by atoms with Crippen LogP contribution in [0.1, 0.15) is 21.7 Å². The van der Waals surface area contributed by atoms with E-state index in [1.807, 2.05) is 18.7 Å². The largest absolute Gasteiger partial charge is 0.395 e. The molecule has 2 aromatic heterocycles. The molecule has 0 saturated carbocycles. The Hall–Kier alpha value is -1.99. The minimum absolute atomic E-state index is 0.00884. The number of aliphatic hydroxyl groups excluding tert-OH is 1. The molecule has 7 heteroatoms. The van der Waals surface area contributed by atoms with Crippen molar-refractivity contribution in [3.05, 3.63) is 23.0 Å². The zero-order chi connectivity index (χ0) is 15.7. The number of amides is 1. The third-order valence-corrected chi connectivity index (χ3v) is 4.05. The average molecular weight is 304 g/mol. The fourth-order valence-corrected chi connectivity index (χ4v) is 2.87. The minimum atomic E-state index is -0.00884. The van der Waals surface area contributed by atoms with E-state index in [0.717, 1.165) is 18.8 Å². The molecule has 7 nitrogen and oxygen atoms in total. The van der Waals surface area contributed by atoms with E-state index >= 15 is 0 Å². The Kier molecular flexibility index (Phi) is 4.08. The lowest BCUT2D eigenvalue weighted by atomic mass is 10.1. The lowest BCUT2D eigenvalue weighted by Crippen LogP contribution is -2.49. The smallest absolute Gasteiger partial charge is 0.258 e. The second-order valence-corrected chi connectivity index (χ2v) is 5.62. The van der Waals surface area contributed by atoms with Crippen LogP contribution in [0.3, 0.4) is 0 Å². The van der Waals surface area contributed by atoms with Gasteiger partial charge in [-0.25, -0.2) is 4.98 Å². The van der Waals surface area contributed by atoms with E-state index in [9.17, 15) is 4.79 Å². The van der Waals surface area contributed by atoms with Gasteiger partial charge < -0.3 is 14.5 Å². The summed E-state index contributed by atoms with van der Waals surface area (Å²) >= 11 is 0. The molecule has 0 atom stereocenters. The van der Waals surface area contributed by atoms with Gasteiger partial charge in [-0.15, -0.1) is 0 Å². The molecule has 22 heavy (non-hydrogen) atoms. The molecule has 0 spiro atoms. The predicted octanol–water partition coefficient (Wildman–Crippen LogP) is 0.590. The van der Waals surface area contributed by atoms with Crippen LogP contribution < -0.4 is 0 Å². The molecule has 118 valence electrons. The number of carbonyl (C=O) groups is 1. The molecule has 1 N–H and O–H groups in total. The normalized spacial score (nSPS) is 16.4. The Bertz CT molecular complexity index is 689. The van der Waals surface area contributed by atoms with Crippen molar-refractivity contribution in [2.45, 2.75) is 13.8 Å². The van der Waals surface area contributed by atoms with Gasteiger partial charge in [0.25, 0.3) is 11.6 Å². The number of carbonyl (C=O) groups excluding carboxylic acids is 1. The summed E-state index contributed by atoms with van der Waals surface area (Å²) in [4.78, 5) is 21.1. The first-order chi connectivity index (χ1) is 10.6. The van der Waals surface area contributed by atoms with Crippen molar-refractivity contribution in [1.82, 2.24) is 19.9 Å². The van der Waals surface area contributed by atoms with Gasteiger partial charge >= 0.3 is 0 Å². The van der Waals surface area contributed by atoms with E-state index in [1.165, 1.54) is 0 Å². The molecule has 1 aliphatic rings. The number of fused-ring (bicyclic) bond motifs is 1. The zero-order valence-corrected chi connectivity index (χ0v) is 12.9. The van der Waals surface area contributed by atoms with Crippen molar-refractivity contribution in [3.63, 3.8) is 0 Å². The van der Waals surface area contributed by atoms with Gasteiger partial charge in [0.2, 0.25) is 0 Å². The Labute approximate surface area is 128 Å². The van der Waals surface area contributed by atoms with Gasteiger partial charge in [-0.05, 0) is 19.9 Å². The molecule has 1 saturated heterocycles. The summed E-state index contributed by atoms with van der Waals surface area (Å²) in [6, 6.07) is 1.80. The van der Waals surface area contributed by atoms with Crippen LogP contribution >= 0.6 is 0 Å². The molecule has 0 unspecified atom stereocenters. The van der Waals surface area contributed by atoms with Crippen LogP contribution in [-0.4, -0.2) is 70.3 Å². The van der Waals surface area contributed by atoms with Gasteiger partial charge in [0.15, 0.2) is 0 Å². The number of hydrogen-bond acceptors (Lipinski definition) is 6. The van der Waals surface area contributed by atoms with Gasteiger partial charge in [0.05, 0.1) is 23.3 Å². The van der Waals surface area contributed by atoms with Crippen molar-refractivity contribution in [2.75, 3.05) is 39.3 Å². The second kappa shape index (κ2) is 6.02. The van der Waals surface area contributed by atoms with E-state index in [0.29, 0.717) is 42.0 Å². The van der Waals surface area contributed by atoms with Crippen LogP contribution in [0.5, 0.6) is 0 Å². The Morgan fingerprint density at radius 2 is 2.05 bits per heavy atom. The molecule has 3 heterocycles. The number of hydrogen-bond donors (Lipinski definition) is 1. The number of aromatic nitrogens is 2. The molecular formula is C15H20N4O3. The number of rotatable bonds is 3. The number of aliphatic hydroxyl groups is 1. The van der Waals surface area contributed by atoms with Crippen molar-refractivity contribution in [2.24, 2.45) is 0 Å². The molecule has 1 amide bonds. The predicted molar refractivity (Wildman–Crippen MR) is 80.7 cm³/mol. The Morgan fingerprint density at radius 3 is 2.73 bits per heavy atom. The first-order valence-electron chi connectivity index (χ1n) is 7.46. The van der Waals surface area contributed by atoms with Crippen molar-refractivity contribution >= 4 is 17.0 Å². The molecule has 0 bridgehead atoms. The van der Waals surface area contributed by atoms with Gasteiger partial charge in [-0.3, -0.25) is 9.69 Å². The maximum absolute atomic E-state index is 12.8. The number of piperazine rings is 1. The highest BCUT2D eigenvalue weighted by atomic mass is 16.5. The second-order valence-electron chi connectivity index (χ2n) is 5.62. The number of pyridine rings is 1. The van der Waals surface area contributed by atoms with Crippen LogP contribution in [0.25, 0.3) is 11.1 Å². The molecule has 1 aliphatic heterocycles. The van der Waals surface area contributed by atoms with Crippen molar-refractivity contribution < 1.29 is 14.4 Å². The van der Waals surface area contributed by atoms with Crippen LogP contribution in [0.2, 0.25) is 0 Å². The number of β-amino-alcohol motifs (C(OH)–C–C–N with tert-alkyl or cyclic N) is 1. The lowest BCUT2D eigenvalue weighted by molar-refractivity contribution is 0.0616. The van der Waals surface area contributed by atoms with Gasteiger partial charge in [-0.1, -0.05) is 5.16 Å². The molecule has 0 aromatic carbocycles. The van der Waals surface area contributed by atoms with E-state index in [4.69, 9.17) is 9.63 Å². The van der Waals surface area contributed by atoms with Crippen LogP contribution in [-0.2, 0) is 0 Å². The fourth-order valence-electron chi connectivity index (χ4n) is 2.87. The highest BCUT2D eigenvalue weighted by Crippen LogP contribution is 2.23.